The molecule has 1 aliphatic rings. The van der Waals surface area contributed by atoms with Gasteiger partial charge in [0.15, 0.2) is 0 Å². The molecular formula is C16H28ClN3O4S. The summed E-state index contributed by atoms with van der Waals surface area (Å²) in [6.07, 6.45) is 2.33. The van der Waals surface area contributed by atoms with Crippen LogP contribution in [0.25, 0.3) is 0 Å². The first-order valence-corrected chi connectivity index (χ1v) is 10.3. The number of sulfonamides is 1. The van der Waals surface area contributed by atoms with Crippen molar-refractivity contribution in [2.45, 2.75) is 52.3 Å². The second-order valence-corrected chi connectivity index (χ2v) is 9.49. The molecule has 0 aromatic heterocycles. The fourth-order valence-corrected chi connectivity index (χ4v) is 4.20. The number of amides is 1. The minimum atomic E-state index is -3.45. The molecule has 2 atom stereocenters. The highest BCUT2D eigenvalue weighted by molar-refractivity contribution is 7.88. The van der Waals surface area contributed by atoms with E-state index in [0.29, 0.717) is 5.57 Å². The molecule has 0 aromatic rings. The third-order valence-electron chi connectivity index (χ3n) is 3.90. The second kappa shape index (κ2) is 8.05. The Balaban J connectivity index is 3.23. The number of aliphatic imine (C=N–C) groups is 1. The van der Waals surface area contributed by atoms with E-state index in [4.69, 9.17) is 16.3 Å². The Labute approximate surface area is 155 Å². The van der Waals surface area contributed by atoms with Gasteiger partial charge in [0.25, 0.3) is 0 Å². The van der Waals surface area contributed by atoms with Crippen LogP contribution in [-0.2, 0) is 14.8 Å². The van der Waals surface area contributed by atoms with Crippen LogP contribution < -0.4 is 0 Å². The Hall–Kier alpha value is -1.12. The summed E-state index contributed by atoms with van der Waals surface area (Å²) in [7, 11) is -1.90. The molecule has 0 unspecified atom stereocenters. The summed E-state index contributed by atoms with van der Waals surface area (Å²) in [6, 6.07) is -0.942. The van der Waals surface area contributed by atoms with E-state index >= 15 is 0 Å². The van der Waals surface area contributed by atoms with Crippen LogP contribution >= 0.6 is 11.6 Å². The van der Waals surface area contributed by atoms with Crippen LogP contribution in [0.4, 0.5) is 4.79 Å². The average molecular weight is 394 g/mol. The first-order valence-electron chi connectivity index (χ1n) is 8.05. The minimum absolute atomic E-state index is 0.194. The van der Waals surface area contributed by atoms with Gasteiger partial charge in [-0.15, -0.1) is 0 Å². The third-order valence-corrected chi connectivity index (χ3v) is 5.44. The van der Waals surface area contributed by atoms with Gasteiger partial charge in [0, 0.05) is 20.1 Å². The minimum Gasteiger partial charge on any atom is -0.444 e. The zero-order chi connectivity index (χ0) is 19.6. The summed E-state index contributed by atoms with van der Waals surface area (Å²) < 4.78 is 31.3. The molecule has 1 saturated heterocycles. The molecule has 1 rings (SSSR count). The molecule has 0 spiro atoms. The predicted molar refractivity (Wildman–Crippen MR) is 101 cm³/mol. The fourth-order valence-electron chi connectivity index (χ4n) is 2.86. The van der Waals surface area contributed by atoms with Gasteiger partial charge in [-0.25, -0.2) is 13.2 Å². The average Bonchev–Trinajstić information content (AvgIpc) is 2.43. The molecule has 0 radical (unpaired) electrons. The van der Waals surface area contributed by atoms with Gasteiger partial charge < -0.3 is 9.64 Å². The number of hydrogen-bond donors (Lipinski definition) is 0. The van der Waals surface area contributed by atoms with E-state index < -0.39 is 33.8 Å². The van der Waals surface area contributed by atoms with Crippen LogP contribution in [-0.4, -0.2) is 73.0 Å². The van der Waals surface area contributed by atoms with Gasteiger partial charge in [-0.05, 0) is 40.7 Å². The van der Waals surface area contributed by atoms with Gasteiger partial charge in [-0.2, -0.15) is 4.31 Å². The highest BCUT2D eigenvalue weighted by Crippen LogP contribution is 2.27. The Bertz CT molecular complexity index is 667. The zero-order valence-corrected chi connectivity index (χ0v) is 17.5. The van der Waals surface area contributed by atoms with Gasteiger partial charge in [0.2, 0.25) is 10.0 Å². The molecule has 0 bridgehead atoms. The number of allylic oxidation sites excluding steroid dienone is 1. The molecule has 144 valence electrons. The predicted octanol–water partition coefficient (Wildman–Crippen LogP) is 2.47. The molecule has 0 aromatic carbocycles. The Kier molecular flexibility index (Phi) is 7.06. The van der Waals surface area contributed by atoms with Crippen molar-refractivity contribution in [3.05, 3.63) is 11.6 Å². The Morgan fingerprint density at radius 1 is 1.32 bits per heavy atom. The van der Waals surface area contributed by atoms with Gasteiger partial charge in [0.05, 0.1) is 18.3 Å². The maximum atomic E-state index is 12.5. The van der Waals surface area contributed by atoms with Crippen molar-refractivity contribution < 1.29 is 17.9 Å². The first kappa shape index (κ1) is 21.9. The maximum absolute atomic E-state index is 12.5. The van der Waals surface area contributed by atoms with E-state index in [0.717, 1.165) is 0 Å². The molecule has 1 amide bonds. The highest BCUT2D eigenvalue weighted by atomic mass is 35.5. The molecule has 1 aliphatic heterocycles. The summed E-state index contributed by atoms with van der Waals surface area (Å²) in [5.74, 6) is 0. The maximum Gasteiger partial charge on any atom is 0.410 e. The summed E-state index contributed by atoms with van der Waals surface area (Å²) in [6.45, 7) is 9.43. The lowest BCUT2D eigenvalue weighted by Gasteiger charge is -2.45. The number of ether oxygens (including phenoxy) is 1. The second-order valence-electron chi connectivity index (χ2n) is 7.17. The highest BCUT2D eigenvalue weighted by Gasteiger charge is 2.42. The standard InChI is InChI=1S/C16H28ClN3O4S/c1-11(10-13(17)18-6)14-12(2)19(15(21)24-16(3,4)5)8-9-20(14)25(7,22)23/h10,12,14H,8-9H2,1-7H3/b11-10+,18-13?/t12-,14-/m1/s1. The van der Waals surface area contributed by atoms with Gasteiger partial charge >= 0.3 is 6.09 Å². The largest absolute Gasteiger partial charge is 0.444 e. The summed E-state index contributed by atoms with van der Waals surface area (Å²) in [4.78, 5) is 17.9. The topological polar surface area (TPSA) is 79.3 Å². The van der Waals surface area contributed by atoms with Crippen molar-refractivity contribution in [3.8, 4) is 0 Å². The molecule has 0 aliphatic carbocycles. The third kappa shape index (κ3) is 5.97. The number of halogens is 1. The summed E-state index contributed by atoms with van der Waals surface area (Å²) in [5, 5.41) is 0.271. The van der Waals surface area contributed by atoms with Crippen molar-refractivity contribution >= 4 is 32.9 Å². The normalized spacial score (nSPS) is 24.4. The smallest absolute Gasteiger partial charge is 0.410 e. The lowest BCUT2D eigenvalue weighted by atomic mass is 9.98. The molecule has 0 saturated carbocycles. The van der Waals surface area contributed by atoms with Crippen LogP contribution in [0.3, 0.4) is 0 Å². The first-order chi connectivity index (χ1) is 11.3. The molecule has 0 N–H and O–H groups in total. The SMILES string of the molecule is CN=C(Cl)/C=C(\C)[C@@H]1[C@@H](C)N(C(=O)OC(C)(C)C)CCN1S(C)(=O)=O. The van der Waals surface area contributed by atoms with E-state index in [9.17, 15) is 13.2 Å². The lowest BCUT2D eigenvalue weighted by Crippen LogP contribution is -2.62. The van der Waals surface area contributed by atoms with Crippen molar-refractivity contribution in [3.63, 3.8) is 0 Å². The number of carbonyl (C=O) groups excluding carboxylic acids is 1. The van der Waals surface area contributed by atoms with E-state index in [1.165, 1.54) is 10.6 Å². The van der Waals surface area contributed by atoms with Crippen LogP contribution in [0.2, 0.25) is 0 Å². The Morgan fingerprint density at radius 3 is 2.32 bits per heavy atom. The number of nitrogens with zero attached hydrogens (tertiary/aromatic N) is 3. The van der Waals surface area contributed by atoms with Crippen molar-refractivity contribution in [2.24, 2.45) is 4.99 Å². The number of piperazine rings is 1. The molecular weight excluding hydrogens is 366 g/mol. The van der Waals surface area contributed by atoms with E-state index in [1.807, 2.05) is 0 Å². The summed E-state index contributed by atoms with van der Waals surface area (Å²) in [5.41, 5.74) is 0.0883. The lowest BCUT2D eigenvalue weighted by molar-refractivity contribution is 0.00192. The van der Waals surface area contributed by atoms with E-state index in [2.05, 4.69) is 4.99 Å². The molecule has 1 heterocycles. The number of carbonyl (C=O) groups is 1. The van der Waals surface area contributed by atoms with Crippen LogP contribution in [0.1, 0.15) is 34.6 Å². The van der Waals surface area contributed by atoms with Crippen LogP contribution in [0.15, 0.2) is 16.6 Å². The van der Waals surface area contributed by atoms with Crippen molar-refractivity contribution in [2.75, 3.05) is 26.4 Å². The molecule has 9 heteroatoms. The number of hydrogen-bond acceptors (Lipinski definition) is 5. The number of rotatable bonds is 3. The monoisotopic (exact) mass is 393 g/mol. The van der Waals surface area contributed by atoms with E-state index in [-0.39, 0.29) is 18.3 Å². The quantitative estimate of drug-likeness (QED) is 0.690. The van der Waals surface area contributed by atoms with Gasteiger partial charge in [-0.3, -0.25) is 4.99 Å². The van der Waals surface area contributed by atoms with Crippen LogP contribution in [0, 0.1) is 0 Å². The Morgan fingerprint density at radius 2 is 1.88 bits per heavy atom. The van der Waals surface area contributed by atoms with Crippen LogP contribution in [0.5, 0.6) is 0 Å². The van der Waals surface area contributed by atoms with Crippen molar-refractivity contribution in [1.82, 2.24) is 9.21 Å². The molecule has 7 nitrogen and oxygen atoms in total. The molecule has 25 heavy (non-hydrogen) atoms. The molecule has 1 fully saturated rings. The fraction of sp³-hybridized carbons (Fsp3) is 0.750. The van der Waals surface area contributed by atoms with Gasteiger partial charge in [0.1, 0.15) is 10.8 Å². The summed E-state index contributed by atoms with van der Waals surface area (Å²) >= 11 is 5.98. The zero-order valence-electron chi connectivity index (χ0n) is 15.9. The van der Waals surface area contributed by atoms with Gasteiger partial charge in [-0.1, -0.05) is 17.2 Å². The van der Waals surface area contributed by atoms with Crippen molar-refractivity contribution in [1.29, 1.82) is 0 Å². The van der Waals surface area contributed by atoms with E-state index in [1.54, 1.807) is 52.6 Å².